The molecule has 0 aromatic heterocycles. The molecule has 0 spiro atoms. The molecule has 0 bridgehead atoms. The van der Waals surface area contributed by atoms with E-state index in [1.807, 2.05) is 0 Å². The molecule has 0 saturated heterocycles. The lowest BCUT2D eigenvalue weighted by Crippen LogP contribution is -2.13. The predicted molar refractivity (Wildman–Crippen MR) is 75.4 cm³/mol. The van der Waals surface area contributed by atoms with Crippen LogP contribution in [0.15, 0.2) is 18.2 Å². The van der Waals surface area contributed by atoms with E-state index in [1.165, 1.54) is 11.1 Å². The van der Waals surface area contributed by atoms with E-state index >= 15 is 0 Å². The Morgan fingerprint density at radius 2 is 1.94 bits per heavy atom. The van der Waals surface area contributed by atoms with Gasteiger partial charge < -0.3 is 4.74 Å². The molecule has 96 valence electrons. The summed E-state index contributed by atoms with van der Waals surface area (Å²) in [5.41, 5.74) is 2.72. The molecule has 0 heterocycles. The SMILES string of the molecule is CCC(CCl)c1cc(C(C)(C)C)ccc1OC. The van der Waals surface area contributed by atoms with Crippen molar-refractivity contribution in [1.82, 2.24) is 0 Å². The molecular weight excluding hydrogens is 232 g/mol. The van der Waals surface area contributed by atoms with Crippen molar-refractivity contribution in [1.29, 1.82) is 0 Å². The number of alkyl halides is 1. The quantitative estimate of drug-likeness (QED) is 0.706. The van der Waals surface area contributed by atoms with Gasteiger partial charge in [-0.1, -0.05) is 39.8 Å². The summed E-state index contributed by atoms with van der Waals surface area (Å²) in [7, 11) is 1.72. The zero-order valence-electron chi connectivity index (χ0n) is 11.5. The first-order valence-electron chi connectivity index (χ1n) is 6.18. The lowest BCUT2D eigenvalue weighted by atomic mass is 9.84. The van der Waals surface area contributed by atoms with E-state index in [0.717, 1.165) is 12.2 Å². The third-order valence-corrected chi connectivity index (χ3v) is 3.59. The first kappa shape index (κ1) is 14.4. The predicted octanol–water partition coefficient (Wildman–Crippen LogP) is 4.73. The summed E-state index contributed by atoms with van der Waals surface area (Å²) >= 11 is 6.04. The molecule has 2 heteroatoms. The van der Waals surface area contributed by atoms with Crippen LogP contribution in [0.2, 0.25) is 0 Å². The zero-order chi connectivity index (χ0) is 13.1. The Morgan fingerprint density at radius 3 is 2.35 bits per heavy atom. The van der Waals surface area contributed by atoms with Gasteiger partial charge in [0.15, 0.2) is 0 Å². The zero-order valence-corrected chi connectivity index (χ0v) is 12.3. The molecule has 1 aromatic carbocycles. The Hall–Kier alpha value is -0.690. The van der Waals surface area contributed by atoms with Gasteiger partial charge in [-0.2, -0.15) is 0 Å². The average molecular weight is 255 g/mol. The van der Waals surface area contributed by atoms with Crippen molar-refractivity contribution in [2.45, 2.75) is 45.4 Å². The topological polar surface area (TPSA) is 9.23 Å². The molecule has 0 aliphatic heterocycles. The molecule has 1 nitrogen and oxygen atoms in total. The van der Waals surface area contributed by atoms with Crippen molar-refractivity contribution in [2.75, 3.05) is 13.0 Å². The first-order valence-corrected chi connectivity index (χ1v) is 6.71. The first-order chi connectivity index (χ1) is 7.93. The van der Waals surface area contributed by atoms with E-state index in [0.29, 0.717) is 11.8 Å². The fourth-order valence-electron chi connectivity index (χ4n) is 1.93. The van der Waals surface area contributed by atoms with Crippen molar-refractivity contribution < 1.29 is 4.74 Å². The molecular formula is C15H23ClO. The molecule has 0 amide bonds. The number of rotatable bonds is 4. The summed E-state index contributed by atoms with van der Waals surface area (Å²) in [5.74, 6) is 1.96. The Labute approximate surface area is 110 Å². The smallest absolute Gasteiger partial charge is 0.122 e. The van der Waals surface area contributed by atoms with Crippen LogP contribution in [0, 0.1) is 0 Å². The van der Waals surface area contributed by atoms with E-state index in [4.69, 9.17) is 16.3 Å². The minimum absolute atomic E-state index is 0.158. The highest BCUT2D eigenvalue weighted by Crippen LogP contribution is 2.34. The lowest BCUT2D eigenvalue weighted by Gasteiger charge is -2.23. The maximum atomic E-state index is 6.04. The summed E-state index contributed by atoms with van der Waals surface area (Å²) in [6.07, 6.45) is 1.04. The van der Waals surface area contributed by atoms with Crippen LogP contribution in [0.4, 0.5) is 0 Å². The molecule has 0 saturated carbocycles. The van der Waals surface area contributed by atoms with Gasteiger partial charge in [0.2, 0.25) is 0 Å². The summed E-state index contributed by atoms with van der Waals surface area (Å²) < 4.78 is 5.44. The largest absolute Gasteiger partial charge is 0.496 e. The molecule has 1 unspecified atom stereocenters. The highest BCUT2D eigenvalue weighted by atomic mass is 35.5. The number of halogens is 1. The fraction of sp³-hybridized carbons (Fsp3) is 0.600. The summed E-state index contributed by atoms with van der Waals surface area (Å²) in [5, 5.41) is 0. The van der Waals surface area contributed by atoms with Crippen molar-refractivity contribution in [2.24, 2.45) is 0 Å². The normalized spacial score (nSPS) is 13.5. The van der Waals surface area contributed by atoms with E-state index < -0.39 is 0 Å². The second-order valence-corrected chi connectivity index (χ2v) is 5.77. The van der Waals surface area contributed by atoms with Crippen LogP contribution in [-0.2, 0) is 5.41 Å². The van der Waals surface area contributed by atoms with Gasteiger partial charge in [0.1, 0.15) is 5.75 Å². The number of methoxy groups -OCH3 is 1. The number of benzene rings is 1. The van der Waals surface area contributed by atoms with Crippen LogP contribution in [0.3, 0.4) is 0 Å². The summed E-state index contributed by atoms with van der Waals surface area (Å²) in [6.45, 7) is 8.83. The second-order valence-electron chi connectivity index (χ2n) is 5.47. The maximum Gasteiger partial charge on any atom is 0.122 e. The third-order valence-electron chi connectivity index (χ3n) is 3.21. The summed E-state index contributed by atoms with van der Waals surface area (Å²) in [4.78, 5) is 0. The van der Waals surface area contributed by atoms with Gasteiger partial charge >= 0.3 is 0 Å². The average Bonchev–Trinajstić information content (AvgIpc) is 2.29. The number of hydrogen-bond donors (Lipinski definition) is 0. The molecule has 0 radical (unpaired) electrons. The minimum Gasteiger partial charge on any atom is -0.496 e. The van der Waals surface area contributed by atoms with Crippen molar-refractivity contribution >= 4 is 11.6 Å². The van der Waals surface area contributed by atoms with E-state index in [9.17, 15) is 0 Å². The third kappa shape index (κ3) is 3.38. The molecule has 1 aromatic rings. The molecule has 0 aliphatic carbocycles. The van der Waals surface area contributed by atoms with Gasteiger partial charge in [0.05, 0.1) is 7.11 Å². The number of ether oxygens (including phenoxy) is 1. The van der Waals surface area contributed by atoms with Gasteiger partial charge in [-0.3, -0.25) is 0 Å². The molecule has 0 aliphatic rings. The maximum absolute atomic E-state index is 6.04. The van der Waals surface area contributed by atoms with Crippen LogP contribution in [0.5, 0.6) is 5.75 Å². The molecule has 0 fully saturated rings. The Bertz CT molecular complexity index is 362. The lowest BCUT2D eigenvalue weighted by molar-refractivity contribution is 0.405. The second kappa shape index (κ2) is 5.77. The van der Waals surface area contributed by atoms with Crippen molar-refractivity contribution in [3.63, 3.8) is 0 Å². The van der Waals surface area contributed by atoms with E-state index in [-0.39, 0.29) is 5.41 Å². The van der Waals surface area contributed by atoms with Crippen LogP contribution in [-0.4, -0.2) is 13.0 Å². The van der Waals surface area contributed by atoms with Crippen LogP contribution in [0.25, 0.3) is 0 Å². The Balaban J connectivity index is 3.24. The summed E-state index contributed by atoms with van der Waals surface area (Å²) in [6, 6.07) is 6.45. The highest BCUT2D eigenvalue weighted by molar-refractivity contribution is 6.18. The van der Waals surface area contributed by atoms with Crippen LogP contribution < -0.4 is 4.74 Å². The van der Waals surface area contributed by atoms with E-state index in [2.05, 4.69) is 45.9 Å². The monoisotopic (exact) mass is 254 g/mol. The standard InChI is InChI=1S/C15H23ClO/c1-6-11(10-16)13-9-12(15(2,3)4)7-8-14(13)17-5/h7-9,11H,6,10H2,1-5H3. The van der Waals surface area contributed by atoms with Crippen LogP contribution in [0.1, 0.15) is 51.2 Å². The fourth-order valence-corrected chi connectivity index (χ4v) is 2.32. The van der Waals surface area contributed by atoms with Crippen molar-refractivity contribution in [3.05, 3.63) is 29.3 Å². The highest BCUT2D eigenvalue weighted by Gasteiger charge is 2.19. The van der Waals surface area contributed by atoms with Gasteiger partial charge in [0, 0.05) is 11.8 Å². The molecule has 17 heavy (non-hydrogen) atoms. The minimum atomic E-state index is 0.158. The van der Waals surface area contributed by atoms with Gasteiger partial charge in [-0.25, -0.2) is 0 Å². The number of hydrogen-bond acceptors (Lipinski definition) is 1. The Morgan fingerprint density at radius 1 is 1.29 bits per heavy atom. The van der Waals surface area contributed by atoms with Gasteiger partial charge in [0.25, 0.3) is 0 Å². The molecule has 1 atom stereocenters. The van der Waals surface area contributed by atoms with Crippen LogP contribution >= 0.6 is 11.6 Å². The van der Waals surface area contributed by atoms with Gasteiger partial charge in [-0.05, 0) is 29.0 Å². The van der Waals surface area contributed by atoms with Gasteiger partial charge in [-0.15, -0.1) is 11.6 Å². The van der Waals surface area contributed by atoms with E-state index in [1.54, 1.807) is 7.11 Å². The molecule has 1 rings (SSSR count). The Kier molecular flexibility index (Phi) is 4.88. The van der Waals surface area contributed by atoms with Crippen molar-refractivity contribution in [3.8, 4) is 5.75 Å². The molecule has 0 N–H and O–H groups in total.